The summed E-state index contributed by atoms with van der Waals surface area (Å²) in [4.78, 5) is 0. The van der Waals surface area contributed by atoms with Gasteiger partial charge in [0.2, 0.25) is 0 Å². The van der Waals surface area contributed by atoms with Gasteiger partial charge in [-0.1, -0.05) is 31.6 Å². The summed E-state index contributed by atoms with van der Waals surface area (Å²) in [6.45, 7) is 8.41. The molecule has 0 heterocycles. The molecule has 11 heavy (non-hydrogen) atoms. The zero-order valence-electron chi connectivity index (χ0n) is 7.89. The fraction of sp³-hybridized carbons (Fsp3) is 0.600. The number of rotatable bonds is 3. The maximum Gasteiger partial charge on any atom is 0.0681 e. The standard InChI is InChI=1S/C10H18O/c1-8(2)5-6-10(7-11)9(3)4/h5-6,8,11H,7H2,1-4H3/b6-5+. The Morgan fingerprint density at radius 2 is 1.91 bits per heavy atom. The summed E-state index contributed by atoms with van der Waals surface area (Å²) in [5.41, 5.74) is 2.21. The van der Waals surface area contributed by atoms with Crippen LogP contribution in [-0.4, -0.2) is 11.7 Å². The van der Waals surface area contributed by atoms with Crippen LogP contribution in [0.4, 0.5) is 0 Å². The first-order chi connectivity index (χ1) is 5.07. The Bertz CT molecular complexity index is 160. The summed E-state index contributed by atoms with van der Waals surface area (Å²) in [6, 6.07) is 0. The molecule has 0 atom stereocenters. The Labute approximate surface area is 69.4 Å². The molecular weight excluding hydrogens is 136 g/mol. The van der Waals surface area contributed by atoms with Gasteiger partial charge in [-0.25, -0.2) is 0 Å². The van der Waals surface area contributed by atoms with E-state index in [-0.39, 0.29) is 6.61 Å². The second kappa shape index (κ2) is 5.14. The molecule has 0 rings (SSSR count). The van der Waals surface area contributed by atoms with Crippen molar-refractivity contribution < 1.29 is 5.11 Å². The van der Waals surface area contributed by atoms with Crippen molar-refractivity contribution in [2.24, 2.45) is 5.92 Å². The number of allylic oxidation sites excluding steroid dienone is 2. The van der Waals surface area contributed by atoms with Crippen LogP contribution in [0.15, 0.2) is 23.3 Å². The molecule has 0 radical (unpaired) electrons. The van der Waals surface area contributed by atoms with Gasteiger partial charge < -0.3 is 5.11 Å². The fourth-order valence-electron chi connectivity index (χ4n) is 0.686. The van der Waals surface area contributed by atoms with E-state index in [9.17, 15) is 0 Å². The molecule has 0 aromatic carbocycles. The molecule has 0 saturated heterocycles. The normalized spacial score (nSPS) is 11.1. The summed E-state index contributed by atoms with van der Waals surface area (Å²) in [6.07, 6.45) is 4.10. The minimum absolute atomic E-state index is 0.144. The molecule has 0 aliphatic rings. The van der Waals surface area contributed by atoms with Crippen molar-refractivity contribution >= 4 is 0 Å². The first-order valence-corrected chi connectivity index (χ1v) is 4.03. The van der Waals surface area contributed by atoms with Crippen molar-refractivity contribution in [2.45, 2.75) is 27.7 Å². The summed E-state index contributed by atoms with van der Waals surface area (Å²) in [5, 5.41) is 8.90. The predicted molar refractivity (Wildman–Crippen MR) is 49.4 cm³/mol. The molecule has 0 aromatic rings. The SMILES string of the molecule is CC(C)=C(/C=C/C(C)C)CO. The van der Waals surface area contributed by atoms with Crippen molar-refractivity contribution in [3.63, 3.8) is 0 Å². The molecule has 0 aliphatic heterocycles. The third-order valence-electron chi connectivity index (χ3n) is 1.49. The van der Waals surface area contributed by atoms with Crippen LogP contribution in [0.1, 0.15) is 27.7 Å². The van der Waals surface area contributed by atoms with Gasteiger partial charge in [0.05, 0.1) is 6.61 Å². The van der Waals surface area contributed by atoms with Crippen LogP contribution >= 0.6 is 0 Å². The van der Waals surface area contributed by atoms with Crippen molar-refractivity contribution in [3.05, 3.63) is 23.3 Å². The zero-order valence-corrected chi connectivity index (χ0v) is 7.89. The summed E-state index contributed by atoms with van der Waals surface area (Å²) < 4.78 is 0. The molecule has 0 unspecified atom stereocenters. The van der Waals surface area contributed by atoms with Crippen molar-refractivity contribution in [1.29, 1.82) is 0 Å². The van der Waals surface area contributed by atoms with Crippen LogP contribution in [-0.2, 0) is 0 Å². The Hall–Kier alpha value is -0.560. The zero-order chi connectivity index (χ0) is 8.85. The van der Waals surface area contributed by atoms with Crippen LogP contribution in [0.5, 0.6) is 0 Å². The fourth-order valence-corrected chi connectivity index (χ4v) is 0.686. The monoisotopic (exact) mass is 154 g/mol. The highest BCUT2D eigenvalue weighted by molar-refractivity contribution is 5.23. The number of aliphatic hydroxyl groups excluding tert-OH is 1. The molecule has 0 aromatic heterocycles. The molecule has 0 saturated carbocycles. The van der Waals surface area contributed by atoms with Gasteiger partial charge in [-0.2, -0.15) is 0 Å². The molecular formula is C10H18O. The Morgan fingerprint density at radius 3 is 2.18 bits per heavy atom. The van der Waals surface area contributed by atoms with E-state index in [0.717, 1.165) is 5.57 Å². The third kappa shape index (κ3) is 4.79. The first-order valence-electron chi connectivity index (χ1n) is 4.03. The minimum atomic E-state index is 0.144. The van der Waals surface area contributed by atoms with Gasteiger partial charge in [0.1, 0.15) is 0 Å². The van der Waals surface area contributed by atoms with E-state index < -0.39 is 0 Å². The lowest BCUT2D eigenvalue weighted by Crippen LogP contribution is -1.90. The van der Waals surface area contributed by atoms with E-state index in [1.54, 1.807) is 0 Å². The molecule has 0 spiro atoms. The lowest BCUT2D eigenvalue weighted by Gasteiger charge is -2.00. The van der Waals surface area contributed by atoms with E-state index in [0.29, 0.717) is 5.92 Å². The van der Waals surface area contributed by atoms with E-state index in [2.05, 4.69) is 19.9 Å². The van der Waals surface area contributed by atoms with Crippen LogP contribution in [0, 0.1) is 5.92 Å². The highest BCUT2D eigenvalue weighted by Crippen LogP contribution is 2.05. The molecule has 64 valence electrons. The van der Waals surface area contributed by atoms with E-state index in [1.807, 2.05) is 19.9 Å². The largest absolute Gasteiger partial charge is 0.392 e. The number of hydrogen-bond acceptors (Lipinski definition) is 1. The molecule has 0 fully saturated rings. The van der Waals surface area contributed by atoms with E-state index in [1.165, 1.54) is 5.57 Å². The van der Waals surface area contributed by atoms with Gasteiger partial charge in [-0.3, -0.25) is 0 Å². The van der Waals surface area contributed by atoms with Crippen LogP contribution in [0.3, 0.4) is 0 Å². The van der Waals surface area contributed by atoms with E-state index in [4.69, 9.17) is 5.11 Å². The summed E-state index contributed by atoms with van der Waals surface area (Å²) >= 11 is 0. The molecule has 1 N–H and O–H groups in total. The van der Waals surface area contributed by atoms with Gasteiger partial charge in [0, 0.05) is 0 Å². The third-order valence-corrected chi connectivity index (χ3v) is 1.49. The first kappa shape index (κ1) is 10.4. The Balaban J connectivity index is 4.21. The van der Waals surface area contributed by atoms with Crippen LogP contribution in [0.25, 0.3) is 0 Å². The highest BCUT2D eigenvalue weighted by atomic mass is 16.3. The maximum atomic E-state index is 8.90. The van der Waals surface area contributed by atoms with Crippen molar-refractivity contribution in [2.75, 3.05) is 6.61 Å². The second-order valence-electron chi connectivity index (χ2n) is 3.29. The molecule has 0 bridgehead atoms. The van der Waals surface area contributed by atoms with Crippen LogP contribution in [0.2, 0.25) is 0 Å². The van der Waals surface area contributed by atoms with Crippen molar-refractivity contribution in [1.82, 2.24) is 0 Å². The van der Waals surface area contributed by atoms with Crippen LogP contribution < -0.4 is 0 Å². The lowest BCUT2D eigenvalue weighted by atomic mass is 10.1. The number of hydrogen-bond donors (Lipinski definition) is 1. The molecule has 0 amide bonds. The van der Waals surface area contributed by atoms with Crippen molar-refractivity contribution in [3.8, 4) is 0 Å². The van der Waals surface area contributed by atoms with Gasteiger partial charge in [0.15, 0.2) is 0 Å². The van der Waals surface area contributed by atoms with Gasteiger partial charge in [0.25, 0.3) is 0 Å². The van der Waals surface area contributed by atoms with Gasteiger partial charge in [-0.05, 0) is 25.3 Å². The molecule has 1 nitrogen and oxygen atoms in total. The average Bonchev–Trinajstić information content (AvgIpc) is 1.87. The second-order valence-corrected chi connectivity index (χ2v) is 3.29. The summed E-state index contributed by atoms with van der Waals surface area (Å²) in [7, 11) is 0. The predicted octanol–water partition coefficient (Wildman–Crippen LogP) is 2.53. The quantitative estimate of drug-likeness (QED) is 0.619. The Morgan fingerprint density at radius 1 is 1.36 bits per heavy atom. The summed E-state index contributed by atoms with van der Waals surface area (Å²) in [5.74, 6) is 0.552. The van der Waals surface area contributed by atoms with E-state index >= 15 is 0 Å². The maximum absolute atomic E-state index is 8.90. The molecule has 0 aliphatic carbocycles. The number of aliphatic hydroxyl groups is 1. The van der Waals surface area contributed by atoms with Gasteiger partial charge in [-0.15, -0.1) is 0 Å². The molecule has 1 heteroatoms. The smallest absolute Gasteiger partial charge is 0.0681 e. The minimum Gasteiger partial charge on any atom is -0.392 e. The topological polar surface area (TPSA) is 20.2 Å². The Kier molecular flexibility index (Phi) is 4.88. The average molecular weight is 154 g/mol. The van der Waals surface area contributed by atoms with Gasteiger partial charge >= 0.3 is 0 Å². The lowest BCUT2D eigenvalue weighted by molar-refractivity contribution is 0.333. The highest BCUT2D eigenvalue weighted by Gasteiger charge is 1.92.